The summed E-state index contributed by atoms with van der Waals surface area (Å²) in [6.45, 7) is 2.38. The van der Waals surface area contributed by atoms with E-state index in [1.54, 1.807) is 12.4 Å². The highest BCUT2D eigenvalue weighted by Gasteiger charge is 2.34. The predicted molar refractivity (Wildman–Crippen MR) is 74.9 cm³/mol. The molecule has 1 fully saturated rings. The maximum absolute atomic E-state index is 12.6. The Kier molecular flexibility index (Phi) is 3.14. The zero-order chi connectivity index (χ0) is 14.1. The molecule has 0 aromatic carbocycles. The molecule has 6 nitrogen and oxygen atoms in total. The van der Waals surface area contributed by atoms with E-state index in [9.17, 15) is 4.79 Å². The lowest BCUT2D eigenvalue weighted by atomic mass is 10.2. The van der Waals surface area contributed by atoms with Crippen LogP contribution in [0.3, 0.4) is 0 Å². The molecule has 3 N–H and O–H groups in total. The molecule has 6 heteroatoms. The second kappa shape index (κ2) is 4.96. The van der Waals surface area contributed by atoms with E-state index >= 15 is 0 Å². The van der Waals surface area contributed by atoms with E-state index < -0.39 is 0 Å². The van der Waals surface area contributed by atoms with E-state index in [0.717, 1.165) is 24.1 Å². The number of carbonyl (C=O) groups is 1. The molecule has 3 rings (SSSR count). The van der Waals surface area contributed by atoms with Crippen LogP contribution in [0.4, 0.5) is 5.69 Å². The Balaban J connectivity index is 1.84. The minimum absolute atomic E-state index is 0.105. The van der Waals surface area contributed by atoms with Crippen molar-refractivity contribution in [2.45, 2.75) is 32.4 Å². The monoisotopic (exact) mass is 271 g/mol. The van der Waals surface area contributed by atoms with Gasteiger partial charge in [0.15, 0.2) is 5.69 Å². The Bertz CT molecular complexity index is 618. The number of H-pyrrole nitrogens is 1. The normalized spacial score (nSPS) is 14.2. The smallest absolute Gasteiger partial charge is 0.277 e. The van der Waals surface area contributed by atoms with Crippen molar-refractivity contribution in [3.8, 4) is 0 Å². The minimum atomic E-state index is -0.105. The van der Waals surface area contributed by atoms with Crippen LogP contribution < -0.4 is 5.73 Å². The number of carbonyl (C=O) groups excluding carboxylic acids is 1. The highest BCUT2D eigenvalue weighted by Crippen LogP contribution is 2.30. The van der Waals surface area contributed by atoms with E-state index in [-0.39, 0.29) is 5.91 Å². The Morgan fingerprint density at radius 2 is 2.15 bits per heavy atom. The van der Waals surface area contributed by atoms with E-state index in [4.69, 9.17) is 5.73 Å². The van der Waals surface area contributed by atoms with Gasteiger partial charge in [0.2, 0.25) is 0 Å². The first-order chi connectivity index (χ1) is 9.66. The number of aryl methyl sites for hydroxylation is 1. The Morgan fingerprint density at radius 1 is 1.45 bits per heavy atom. The quantitative estimate of drug-likeness (QED) is 0.882. The molecule has 2 aromatic rings. The predicted octanol–water partition coefficient (Wildman–Crippen LogP) is 1.50. The lowest BCUT2D eigenvalue weighted by molar-refractivity contribution is 0.0725. The van der Waals surface area contributed by atoms with Crippen molar-refractivity contribution in [2.24, 2.45) is 0 Å². The van der Waals surface area contributed by atoms with Gasteiger partial charge in [-0.1, -0.05) is 0 Å². The van der Waals surface area contributed by atoms with Crippen LogP contribution in [0.25, 0.3) is 0 Å². The number of nitrogens with zero attached hydrogens (tertiary/aromatic N) is 3. The summed E-state index contributed by atoms with van der Waals surface area (Å²) in [6.07, 6.45) is 5.55. The molecular formula is C14H17N5O. The number of nitrogen functional groups attached to an aromatic ring is 1. The highest BCUT2D eigenvalue weighted by atomic mass is 16.2. The largest absolute Gasteiger partial charge is 0.395 e. The molecule has 0 aliphatic heterocycles. The molecule has 0 atom stereocenters. The number of nitrogens with one attached hydrogen (secondary N) is 1. The zero-order valence-electron chi connectivity index (χ0n) is 11.3. The fourth-order valence-corrected chi connectivity index (χ4v) is 2.17. The number of amides is 1. The summed E-state index contributed by atoms with van der Waals surface area (Å²) in [6, 6.07) is 4.14. The fourth-order valence-electron chi connectivity index (χ4n) is 2.17. The molecule has 104 valence electrons. The van der Waals surface area contributed by atoms with Crippen molar-refractivity contribution in [3.05, 3.63) is 41.5 Å². The minimum Gasteiger partial charge on any atom is -0.395 e. The molecule has 1 aliphatic rings. The van der Waals surface area contributed by atoms with Crippen molar-refractivity contribution in [3.63, 3.8) is 0 Å². The third-order valence-electron chi connectivity index (χ3n) is 3.55. The van der Waals surface area contributed by atoms with Crippen LogP contribution in [-0.2, 0) is 6.54 Å². The van der Waals surface area contributed by atoms with Gasteiger partial charge in [-0.25, -0.2) is 0 Å². The average Bonchev–Trinajstić information content (AvgIpc) is 3.25. The molecule has 1 saturated carbocycles. The van der Waals surface area contributed by atoms with E-state index in [1.165, 1.54) is 0 Å². The summed E-state index contributed by atoms with van der Waals surface area (Å²) in [5.41, 5.74) is 8.46. The van der Waals surface area contributed by atoms with Crippen LogP contribution in [-0.4, -0.2) is 32.0 Å². The van der Waals surface area contributed by atoms with Crippen molar-refractivity contribution in [2.75, 3.05) is 5.73 Å². The number of aromatic amines is 1. The molecular weight excluding hydrogens is 254 g/mol. The van der Waals surface area contributed by atoms with E-state index in [2.05, 4.69) is 15.2 Å². The molecule has 20 heavy (non-hydrogen) atoms. The van der Waals surface area contributed by atoms with Crippen LogP contribution in [0, 0.1) is 6.92 Å². The van der Waals surface area contributed by atoms with Crippen molar-refractivity contribution < 1.29 is 4.79 Å². The van der Waals surface area contributed by atoms with Gasteiger partial charge >= 0.3 is 0 Å². The molecule has 1 aliphatic carbocycles. The highest BCUT2D eigenvalue weighted by molar-refractivity contribution is 5.97. The van der Waals surface area contributed by atoms with Crippen molar-refractivity contribution in [1.29, 1.82) is 0 Å². The standard InChI is InChI=1S/C14H17N5O/c1-9-12(15)13(18-17-9)14(20)19(11-2-3-11)8-10-4-6-16-7-5-10/h4-7,11H,2-3,8,15H2,1H3,(H,17,18). The first kappa shape index (κ1) is 12.7. The molecule has 1 amide bonds. The van der Waals surface area contributed by atoms with Gasteiger partial charge in [0.25, 0.3) is 5.91 Å². The van der Waals surface area contributed by atoms with Crippen LogP contribution in [0.5, 0.6) is 0 Å². The van der Waals surface area contributed by atoms with Crippen molar-refractivity contribution in [1.82, 2.24) is 20.1 Å². The third kappa shape index (κ3) is 2.36. The molecule has 2 heterocycles. The summed E-state index contributed by atoms with van der Waals surface area (Å²) >= 11 is 0. The van der Waals surface area contributed by atoms with Crippen LogP contribution in [0.2, 0.25) is 0 Å². The molecule has 2 aromatic heterocycles. The Morgan fingerprint density at radius 3 is 2.70 bits per heavy atom. The average molecular weight is 271 g/mol. The van der Waals surface area contributed by atoms with Crippen molar-refractivity contribution >= 4 is 11.6 Å². The summed E-state index contributed by atoms with van der Waals surface area (Å²) in [5, 5.41) is 6.80. The van der Waals surface area contributed by atoms with Crippen LogP contribution in [0.1, 0.15) is 34.6 Å². The first-order valence-electron chi connectivity index (χ1n) is 6.67. The van der Waals surface area contributed by atoms with E-state index in [1.807, 2.05) is 24.0 Å². The third-order valence-corrected chi connectivity index (χ3v) is 3.55. The summed E-state index contributed by atoms with van der Waals surface area (Å²) < 4.78 is 0. The van der Waals surface area contributed by atoms with E-state index in [0.29, 0.717) is 24.0 Å². The first-order valence-corrected chi connectivity index (χ1v) is 6.67. The molecule has 0 spiro atoms. The Hall–Kier alpha value is -2.37. The number of aromatic nitrogens is 3. The fraction of sp³-hybridized carbons (Fsp3) is 0.357. The lowest BCUT2D eigenvalue weighted by Crippen LogP contribution is -2.33. The van der Waals surface area contributed by atoms with Crippen LogP contribution >= 0.6 is 0 Å². The van der Waals surface area contributed by atoms with Gasteiger partial charge in [-0.05, 0) is 37.5 Å². The topological polar surface area (TPSA) is 87.9 Å². The number of hydrogen-bond donors (Lipinski definition) is 2. The number of pyridine rings is 1. The second-order valence-corrected chi connectivity index (χ2v) is 5.13. The van der Waals surface area contributed by atoms with Crippen LogP contribution in [0.15, 0.2) is 24.5 Å². The molecule has 0 bridgehead atoms. The van der Waals surface area contributed by atoms with Gasteiger partial charge < -0.3 is 10.6 Å². The summed E-state index contributed by atoms with van der Waals surface area (Å²) in [4.78, 5) is 18.5. The van der Waals surface area contributed by atoms with Gasteiger partial charge in [-0.3, -0.25) is 14.9 Å². The van der Waals surface area contributed by atoms with Gasteiger partial charge in [-0.2, -0.15) is 5.10 Å². The maximum Gasteiger partial charge on any atom is 0.277 e. The second-order valence-electron chi connectivity index (χ2n) is 5.13. The number of rotatable bonds is 4. The summed E-state index contributed by atoms with van der Waals surface area (Å²) in [5.74, 6) is -0.105. The number of anilines is 1. The van der Waals surface area contributed by atoms with Gasteiger partial charge in [-0.15, -0.1) is 0 Å². The maximum atomic E-state index is 12.6. The van der Waals surface area contributed by atoms with Gasteiger partial charge in [0, 0.05) is 25.0 Å². The molecule has 0 saturated heterocycles. The van der Waals surface area contributed by atoms with Gasteiger partial charge in [0.05, 0.1) is 11.4 Å². The summed E-state index contributed by atoms with van der Waals surface area (Å²) in [7, 11) is 0. The zero-order valence-corrected chi connectivity index (χ0v) is 11.3. The number of nitrogens with two attached hydrogens (primary N) is 1. The Labute approximate surface area is 117 Å². The molecule has 0 unspecified atom stereocenters. The number of hydrogen-bond acceptors (Lipinski definition) is 4. The molecule has 0 radical (unpaired) electrons. The SMILES string of the molecule is Cc1[nH]nc(C(=O)N(Cc2ccncc2)C2CC2)c1N. The van der Waals surface area contributed by atoms with Gasteiger partial charge in [0.1, 0.15) is 0 Å². The lowest BCUT2D eigenvalue weighted by Gasteiger charge is -2.21.